The first-order valence-electron chi connectivity index (χ1n) is 6.56. The predicted molar refractivity (Wildman–Crippen MR) is 78.8 cm³/mol. The summed E-state index contributed by atoms with van der Waals surface area (Å²) in [6.45, 7) is 0.913. The van der Waals surface area contributed by atoms with Crippen LogP contribution in [0.2, 0.25) is 0 Å². The number of primary amides is 1. The lowest BCUT2D eigenvalue weighted by molar-refractivity contribution is -0.131. The molecule has 112 valence electrons. The molecule has 2 rings (SSSR count). The smallest absolute Gasteiger partial charge is 0.328 e. The van der Waals surface area contributed by atoms with E-state index in [1.165, 1.54) is 17.4 Å². The molecule has 0 aliphatic carbocycles. The molecule has 1 aromatic rings. The molecular weight excluding hydrogens is 292 g/mol. The number of carbonyl (C=O) groups is 3. The number of carbonyl (C=O) groups excluding carboxylic acids is 2. The highest BCUT2D eigenvalue weighted by molar-refractivity contribution is 7.12. The molecule has 3 N–H and O–H groups in total. The van der Waals surface area contributed by atoms with E-state index in [1.54, 1.807) is 16.3 Å². The molecule has 1 aromatic heterocycles. The van der Waals surface area contributed by atoms with E-state index in [0.29, 0.717) is 30.0 Å². The number of hydrogen-bond acceptors (Lipinski definition) is 4. The van der Waals surface area contributed by atoms with Gasteiger partial charge in [-0.05, 0) is 35.9 Å². The van der Waals surface area contributed by atoms with Crippen LogP contribution in [0.1, 0.15) is 28.1 Å². The molecule has 1 atom stereocenters. The molecule has 2 amide bonds. The van der Waals surface area contributed by atoms with Crippen LogP contribution in [0.3, 0.4) is 0 Å². The van der Waals surface area contributed by atoms with Crippen molar-refractivity contribution >= 4 is 35.2 Å². The molecule has 1 fully saturated rings. The van der Waals surface area contributed by atoms with Gasteiger partial charge in [-0.25, -0.2) is 4.79 Å². The standard InChI is InChI=1S/C14H16N2O4S/c15-13(19)10-2-1-6-16(8-10)14(20)12-9(5-7-21-12)3-4-11(17)18/h3-5,7,10H,1-2,6,8H2,(H2,15,19)(H,17,18). The quantitative estimate of drug-likeness (QED) is 0.816. The van der Waals surface area contributed by atoms with Crippen molar-refractivity contribution in [2.24, 2.45) is 11.7 Å². The summed E-state index contributed by atoms with van der Waals surface area (Å²) in [6.07, 6.45) is 3.85. The fourth-order valence-corrected chi connectivity index (χ4v) is 3.18. The van der Waals surface area contributed by atoms with Gasteiger partial charge in [-0.3, -0.25) is 9.59 Å². The number of thiophene rings is 1. The minimum absolute atomic E-state index is 0.180. The molecule has 2 heterocycles. The van der Waals surface area contributed by atoms with Crippen LogP contribution < -0.4 is 5.73 Å². The third kappa shape index (κ3) is 3.69. The van der Waals surface area contributed by atoms with E-state index in [2.05, 4.69) is 0 Å². The third-order valence-electron chi connectivity index (χ3n) is 3.41. The highest BCUT2D eigenvalue weighted by Gasteiger charge is 2.28. The van der Waals surface area contributed by atoms with Crippen molar-refractivity contribution < 1.29 is 19.5 Å². The van der Waals surface area contributed by atoms with Gasteiger partial charge in [-0.15, -0.1) is 11.3 Å². The van der Waals surface area contributed by atoms with E-state index >= 15 is 0 Å². The second-order valence-electron chi connectivity index (χ2n) is 4.87. The minimum Gasteiger partial charge on any atom is -0.478 e. The Hall–Kier alpha value is -2.15. The molecule has 6 nitrogen and oxygen atoms in total. The van der Waals surface area contributed by atoms with Gasteiger partial charge in [0.2, 0.25) is 5.91 Å². The molecule has 0 bridgehead atoms. The highest BCUT2D eigenvalue weighted by atomic mass is 32.1. The SMILES string of the molecule is NC(=O)C1CCCN(C(=O)c2sccc2C=CC(=O)O)C1. The number of rotatable bonds is 4. The van der Waals surface area contributed by atoms with Crippen molar-refractivity contribution in [1.29, 1.82) is 0 Å². The molecule has 1 saturated heterocycles. The molecular formula is C14H16N2O4S. The van der Waals surface area contributed by atoms with Gasteiger partial charge in [-0.1, -0.05) is 0 Å². The van der Waals surface area contributed by atoms with Gasteiger partial charge in [-0.2, -0.15) is 0 Å². The van der Waals surface area contributed by atoms with Crippen molar-refractivity contribution in [1.82, 2.24) is 4.90 Å². The van der Waals surface area contributed by atoms with E-state index in [9.17, 15) is 14.4 Å². The minimum atomic E-state index is -1.06. The van der Waals surface area contributed by atoms with Gasteiger partial charge in [0.05, 0.1) is 10.8 Å². The normalized spacial score (nSPS) is 18.9. The highest BCUT2D eigenvalue weighted by Crippen LogP contribution is 2.24. The summed E-state index contributed by atoms with van der Waals surface area (Å²) in [6, 6.07) is 1.70. The molecule has 7 heteroatoms. The van der Waals surface area contributed by atoms with Crippen molar-refractivity contribution in [2.75, 3.05) is 13.1 Å². The summed E-state index contributed by atoms with van der Waals surface area (Å²) >= 11 is 1.26. The number of carboxylic acids is 1. The van der Waals surface area contributed by atoms with Gasteiger partial charge in [0.25, 0.3) is 5.91 Å². The lowest BCUT2D eigenvalue weighted by Crippen LogP contribution is -2.44. The fraction of sp³-hybridized carbons (Fsp3) is 0.357. The summed E-state index contributed by atoms with van der Waals surface area (Å²) in [4.78, 5) is 36.4. The average Bonchev–Trinajstić information content (AvgIpc) is 2.92. The number of likely N-dealkylation sites (tertiary alicyclic amines) is 1. The Bertz CT molecular complexity index is 594. The molecule has 21 heavy (non-hydrogen) atoms. The van der Waals surface area contributed by atoms with Crippen LogP contribution in [-0.2, 0) is 9.59 Å². The van der Waals surface area contributed by atoms with Crippen LogP contribution in [-0.4, -0.2) is 40.9 Å². The van der Waals surface area contributed by atoms with Crippen LogP contribution >= 0.6 is 11.3 Å². The largest absolute Gasteiger partial charge is 0.478 e. The van der Waals surface area contributed by atoms with E-state index in [0.717, 1.165) is 12.5 Å². The Balaban J connectivity index is 2.15. The van der Waals surface area contributed by atoms with Crippen LogP contribution in [0.5, 0.6) is 0 Å². The Morgan fingerprint density at radius 2 is 2.19 bits per heavy atom. The van der Waals surface area contributed by atoms with Crippen LogP contribution in [0.25, 0.3) is 6.08 Å². The number of carboxylic acid groups (broad SMARTS) is 1. The lowest BCUT2D eigenvalue weighted by atomic mass is 9.97. The van der Waals surface area contributed by atoms with Crippen molar-refractivity contribution in [3.05, 3.63) is 28.0 Å². The summed E-state index contributed by atoms with van der Waals surface area (Å²) in [5.74, 6) is -1.93. The van der Waals surface area contributed by atoms with Crippen molar-refractivity contribution in [3.63, 3.8) is 0 Å². The number of piperidine rings is 1. The van der Waals surface area contributed by atoms with E-state index in [4.69, 9.17) is 10.8 Å². The van der Waals surface area contributed by atoms with E-state index in [-0.39, 0.29) is 17.7 Å². The number of nitrogens with two attached hydrogens (primary N) is 1. The zero-order chi connectivity index (χ0) is 15.4. The number of amides is 2. The zero-order valence-corrected chi connectivity index (χ0v) is 12.1. The summed E-state index contributed by atoms with van der Waals surface area (Å²) < 4.78 is 0. The van der Waals surface area contributed by atoms with E-state index < -0.39 is 5.97 Å². The second kappa shape index (κ2) is 6.53. The molecule has 0 radical (unpaired) electrons. The molecule has 0 saturated carbocycles. The van der Waals surface area contributed by atoms with Gasteiger partial charge in [0.1, 0.15) is 0 Å². The topological polar surface area (TPSA) is 101 Å². The molecule has 0 aromatic carbocycles. The Kier molecular flexibility index (Phi) is 4.74. The summed E-state index contributed by atoms with van der Waals surface area (Å²) in [7, 11) is 0. The van der Waals surface area contributed by atoms with Crippen molar-refractivity contribution in [3.8, 4) is 0 Å². The first kappa shape index (κ1) is 15.2. The number of nitrogens with zero attached hydrogens (tertiary/aromatic N) is 1. The predicted octanol–water partition coefficient (Wildman–Crippen LogP) is 1.18. The summed E-state index contributed by atoms with van der Waals surface area (Å²) in [5.41, 5.74) is 5.89. The second-order valence-corrected chi connectivity index (χ2v) is 5.79. The number of hydrogen-bond donors (Lipinski definition) is 2. The van der Waals surface area contributed by atoms with Gasteiger partial charge >= 0.3 is 5.97 Å². The molecule has 1 aliphatic heterocycles. The Morgan fingerprint density at radius 3 is 2.86 bits per heavy atom. The molecule has 1 aliphatic rings. The van der Waals surface area contributed by atoms with Gasteiger partial charge in [0.15, 0.2) is 0 Å². The van der Waals surface area contributed by atoms with Crippen LogP contribution in [0.4, 0.5) is 0 Å². The Morgan fingerprint density at radius 1 is 1.43 bits per heavy atom. The molecule has 0 spiro atoms. The fourth-order valence-electron chi connectivity index (χ4n) is 2.32. The average molecular weight is 308 g/mol. The summed E-state index contributed by atoms with van der Waals surface area (Å²) in [5, 5.41) is 10.4. The van der Waals surface area contributed by atoms with E-state index in [1.807, 2.05) is 0 Å². The van der Waals surface area contributed by atoms with Crippen LogP contribution in [0.15, 0.2) is 17.5 Å². The van der Waals surface area contributed by atoms with Gasteiger partial charge < -0.3 is 15.7 Å². The lowest BCUT2D eigenvalue weighted by Gasteiger charge is -2.31. The first-order valence-corrected chi connectivity index (χ1v) is 7.44. The molecule has 1 unspecified atom stereocenters. The maximum atomic E-state index is 12.5. The first-order chi connectivity index (χ1) is 9.99. The van der Waals surface area contributed by atoms with Crippen molar-refractivity contribution in [2.45, 2.75) is 12.8 Å². The van der Waals surface area contributed by atoms with Crippen LogP contribution in [0, 0.1) is 5.92 Å². The monoisotopic (exact) mass is 308 g/mol. The Labute approximate surface area is 125 Å². The van der Waals surface area contributed by atoms with Gasteiger partial charge in [0, 0.05) is 19.2 Å². The number of aliphatic carboxylic acids is 1. The zero-order valence-electron chi connectivity index (χ0n) is 11.3. The maximum Gasteiger partial charge on any atom is 0.328 e. The third-order valence-corrected chi connectivity index (χ3v) is 4.32. The maximum absolute atomic E-state index is 12.5.